The number of ether oxygens (including phenoxy) is 1. The first-order valence-corrected chi connectivity index (χ1v) is 8.32. The van der Waals surface area contributed by atoms with Crippen molar-refractivity contribution in [2.45, 2.75) is 37.8 Å². The molecule has 3 atom stereocenters. The second-order valence-corrected chi connectivity index (χ2v) is 6.93. The van der Waals surface area contributed by atoms with Gasteiger partial charge in [-0.05, 0) is 56.5 Å². The molecular weight excluding hydrogens is 258 g/mol. The van der Waals surface area contributed by atoms with Crippen molar-refractivity contribution in [3.8, 4) is 0 Å². The summed E-state index contributed by atoms with van der Waals surface area (Å²) in [5.74, 6) is 4.13. The van der Waals surface area contributed by atoms with Gasteiger partial charge in [0.25, 0.3) is 0 Å². The standard InChI is InChI=1S/C15H23NO2S/c1-11-3-6-17-14(11)13(16-2)12-4-7-18-15(9-12)5-8-19-10-15/h3,6,12-13,16H,4-5,7-10H2,1-2H3. The summed E-state index contributed by atoms with van der Waals surface area (Å²) in [5.41, 5.74) is 1.39. The lowest BCUT2D eigenvalue weighted by atomic mass is 9.80. The Hall–Kier alpha value is -0.450. The van der Waals surface area contributed by atoms with Crippen molar-refractivity contribution in [2.75, 3.05) is 25.2 Å². The molecule has 1 aromatic heterocycles. The minimum atomic E-state index is 0.142. The third-order valence-corrected chi connectivity index (χ3v) is 5.79. The molecule has 0 radical (unpaired) electrons. The molecular formula is C15H23NO2S. The van der Waals surface area contributed by atoms with Crippen LogP contribution < -0.4 is 5.32 Å². The molecule has 1 spiro atoms. The molecule has 0 aliphatic carbocycles. The van der Waals surface area contributed by atoms with E-state index in [1.807, 2.05) is 18.8 Å². The summed E-state index contributed by atoms with van der Waals surface area (Å²) in [6.07, 6.45) is 5.29. The van der Waals surface area contributed by atoms with Crippen molar-refractivity contribution in [3.05, 3.63) is 23.7 Å². The Bertz CT molecular complexity index is 426. The van der Waals surface area contributed by atoms with Gasteiger partial charge in [-0.2, -0.15) is 11.8 Å². The molecule has 2 fully saturated rings. The Labute approximate surface area is 119 Å². The molecule has 106 valence electrons. The fourth-order valence-corrected chi connectivity index (χ4v) is 4.88. The Morgan fingerprint density at radius 2 is 2.42 bits per heavy atom. The Balaban J connectivity index is 1.78. The third kappa shape index (κ3) is 2.58. The van der Waals surface area contributed by atoms with Crippen LogP contribution >= 0.6 is 11.8 Å². The van der Waals surface area contributed by atoms with Crippen LogP contribution in [0.5, 0.6) is 0 Å². The molecule has 2 saturated heterocycles. The fourth-order valence-electron chi connectivity index (χ4n) is 3.50. The molecule has 0 saturated carbocycles. The van der Waals surface area contributed by atoms with Gasteiger partial charge in [0.1, 0.15) is 5.76 Å². The average molecular weight is 281 g/mol. The van der Waals surface area contributed by atoms with Gasteiger partial charge in [0, 0.05) is 12.4 Å². The monoisotopic (exact) mass is 281 g/mol. The molecule has 3 rings (SSSR count). The van der Waals surface area contributed by atoms with Gasteiger partial charge < -0.3 is 14.5 Å². The van der Waals surface area contributed by atoms with Crippen molar-refractivity contribution in [2.24, 2.45) is 5.92 Å². The highest BCUT2D eigenvalue weighted by Gasteiger charge is 2.43. The maximum absolute atomic E-state index is 6.12. The van der Waals surface area contributed by atoms with Gasteiger partial charge in [0.2, 0.25) is 0 Å². The Kier molecular flexibility index (Phi) is 3.92. The van der Waals surface area contributed by atoms with E-state index in [1.165, 1.54) is 17.7 Å². The van der Waals surface area contributed by atoms with Gasteiger partial charge in [0.15, 0.2) is 0 Å². The Morgan fingerprint density at radius 3 is 3.05 bits per heavy atom. The number of hydrogen-bond acceptors (Lipinski definition) is 4. The zero-order valence-corrected chi connectivity index (χ0v) is 12.6. The highest BCUT2D eigenvalue weighted by atomic mass is 32.2. The summed E-state index contributed by atoms with van der Waals surface area (Å²) in [6, 6.07) is 2.38. The van der Waals surface area contributed by atoms with E-state index in [9.17, 15) is 0 Å². The van der Waals surface area contributed by atoms with Crippen molar-refractivity contribution >= 4 is 11.8 Å². The molecule has 1 N–H and O–H groups in total. The molecule has 4 heteroatoms. The zero-order chi connectivity index (χ0) is 13.3. The summed E-state index contributed by atoms with van der Waals surface area (Å²) in [5, 5.41) is 3.47. The SMILES string of the molecule is CNC(c1occc1C)C1CCOC2(CCSC2)C1. The summed E-state index contributed by atoms with van der Waals surface area (Å²) in [7, 11) is 2.04. The lowest BCUT2D eigenvalue weighted by Gasteiger charge is -2.40. The van der Waals surface area contributed by atoms with E-state index in [-0.39, 0.29) is 5.60 Å². The normalized spacial score (nSPS) is 32.8. The maximum atomic E-state index is 6.12. The number of nitrogens with one attached hydrogen (secondary N) is 1. The quantitative estimate of drug-likeness (QED) is 0.923. The molecule has 2 aliphatic rings. The minimum Gasteiger partial charge on any atom is -0.467 e. The molecule has 19 heavy (non-hydrogen) atoms. The molecule has 0 aromatic carbocycles. The number of aryl methyl sites for hydroxylation is 1. The van der Waals surface area contributed by atoms with Crippen LogP contribution in [0, 0.1) is 12.8 Å². The van der Waals surface area contributed by atoms with Crippen molar-refractivity contribution in [1.29, 1.82) is 0 Å². The third-order valence-electron chi connectivity index (χ3n) is 4.56. The minimum absolute atomic E-state index is 0.142. The second-order valence-electron chi connectivity index (χ2n) is 5.82. The largest absolute Gasteiger partial charge is 0.467 e. The van der Waals surface area contributed by atoms with Crippen molar-refractivity contribution in [1.82, 2.24) is 5.32 Å². The van der Waals surface area contributed by atoms with Gasteiger partial charge in [-0.25, -0.2) is 0 Å². The average Bonchev–Trinajstić information content (AvgIpc) is 3.02. The first-order chi connectivity index (χ1) is 9.24. The van der Waals surface area contributed by atoms with Crippen molar-refractivity contribution in [3.63, 3.8) is 0 Å². The first kappa shape index (κ1) is 13.5. The van der Waals surface area contributed by atoms with E-state index >= 15 is 0 Å². The van der Waals surface area contributed by atoms with Crippen LogP contribution in [0.4, 0.5) is 0 Å². The molecule has 1 aromatic rings. The second kappa shape index (κ2) is 5.51. The van der Waals surface area contributed by atoms with Crippen LogP contribution in [0.3, 0.4) is 0 Å². The highest BCUT2D eigenvalue weighted by Crippen LogP contribution is 2.44. The predicted octanol–water partition coefficient (Wildman–Crippen LogP) is 3.15. The lowest BCUT2D eigenvalue weighted by Crippen LogP contribution is -2.43. The number of furan rings is 1. The summed E-state index contributed by atoms with van der Waals surface area (Å²) in [6.45, 7) is 3.02. The molecule has 3 nitrogen and oxygen atoms in total. The first-order valence-electron chi connectivity index (χ1n) is 7.17. The van der Waals surface area contributed by atoms with Crippen LogP contribution in [0.2, 0.25) is 0 Å². The topological polar surface area (TPSA) is 34.4 Å². The fraction of sp³-hybridized carbons (Fsp3) is 0.733. The van der Waals surface area contributed by atoms with E-state index < -0.39 is 0 Å². The zero-order valence-electron chi connectivity index (χ0n) is 11.8. The number of thioether (sulfide) groups is 1. The predicted molar refractivity (Wildman–Crippen MR) is 78.6 cm³/mol. The van der Waals surface area contributed by atoms with E-state index in [4.69, 9.17) is 9.15 Å². The molecule has 0 amide bonds. The van der Waals surface area contributed by atoms with Crippen LogP contribution in [0.15, 0.2) is 16.7 Å². The summed E-state index contributed by atoms with van der Waals surface area (Å²) >= 11 is 2.03. The van der Waals surface area contributed by atoms with E-state index in [0.29, 0.717) is 12.0 Å². The smallest absolute Gasteiger partial charge is 0.123 e. The molecule has 2 aliphatic heterocycles. The van der Waals surface area contributed by atoms with E-state index in [2.05, 4.69) is 18.3 Å². The number of hydrogen-bond donors (Lipinski definition) is 1. The Morgan fingerprint density at radius 1 is 1.53 bits per heavy atom. The number of rotatable bonds is 3. The van der Waals surface area contributed by atoms with Crippen LogP contribution in [0.1, 0.15) is 36.6 Å². The van der Waals surface area contributed by atoms with Gasteiger partial charge in [-0.3, -0.25) is 0 Å². The highest BCUT2D eigenvalue weighted by molar-refractivity contribution is 7.99. The van der Waals surface area contributed by atoms with Gasteiger partial charge >= 0.3 is 0 Å². The molecule has 3 heterocycles. The maximum Gasteiger partial charge on any atom is 0.123 e. The molecule has 0 bridgehead atoms. The van der Waals surface area contributed by atoms with Crippen LogP contribution in [0.25, 0.3) is 0 Å². The summed E-state index contributed by atoms with van der Waals surface area (Å²) < 4.78 is 11.8. The van der Waals surface area contributed by atoms with Gasteiger partial charge in [-0.1, -0.05) is 0 Å². The van der Waals surface area contributed by atoms with Crippen LogP contribution in [-0.4, -0.2) is 30.8 Å². The molecule has 3 unspecified atom stereocenters. The van der Waals surface area contributed by atoms with Crippen molar-refractivity contribution < 1.29 is 9.15 Å². The van der Waals surface area contributed by atoms with E-state index in [1.54, 1.807) is 6.26 Å². The van der Waals surface area contributed by atoms with Gasteiger partial charge in [-0.15, -0.1) is 0 Å². The summed E-state index contributed by atoms with van der Waals surface area (Å²) in [4.78, 5) is 0. The lowest BCUT2D eigenvalue weighted by molar-refractivity contribution is -0.0860. The van der Waals surface area contributed by atoms with Crippen LogP contribution in [-0.2, 0) is 4.74 Å². The van der Waals surface area contributed by atoms with Gasteiger partial charge in [0.05, 0.1) is 17.9 Å². The van der Waals surface area contributed by atoms with E-state index in [0.717, 1.165) is 31.0 Å².